The number of halogens is 1. The molecule has 0 radical (unpaired) electrons. The van der Waals surface area contributed by atoms with Gasteiger partial charge in [0.25, 0.3) is 0 Å². The maximum atomic E-state index is 14.3. The Morgan fingerprint density at radius 2 is 1.56 bits per heavy atom. The number of esters is 1. The molecule has 1 fully saturated rings. The first-order valence-corrected chi connectivity index (χ1v) is 12.0. The Bertz CT molecular complexity index is 1240. The summed E-state index contributed by atoms with van der Waals surface area (Å²) < 4.78 is 5.86. The van der Waals surface area contributed by atoms with E-state index in [9.17, 15) is 9.59 Å². The molecule has 0 saturated carbocycles. The zero-order chi connectivity index (χ0) is 24.1. The van der Waals surface area contributed by atoms with Gasteiger partial charge in [-0.05, 0) is 49.9 Å². The lowest BCUT2D eigenvalue weighted by Gasteiger charge is -2.35. The van der Waals surface area contributed by atoms with E-state index in [1.165, 1.54) is 0 Å². The van der Waals surface area contributed by atoms with Gasteiger partial charge in [0.15, 0.2) is 5.78 Å². The minimum absolute atomic E-state index is 0.0197. The Balaban J connectivity index is 1.73. The monoisotopic (exact) mass is 473 g/mol. The van der Waals surface area contributed by atoms with E-state index in [4.69, 9.17) is 16.3 Å². The molecular weight excluding hydrogens is 446 g/mol. The molecule has 1 aliphatic carbocycles. The average Bonchev–Trinajstić information content (AvgIpc) is 3.31. The van der Waals surface area contributed by atoms with Crippen LogP contribution in [0.5, 0.6) is 0 Å². The summed E-state index contributed by atoms with van der Waals surface area (Å²) in [6.07, 6.45) is 0.451. The van der Waals surface area contributed by atoms with Crippen LogP contribution in [-0.2, 0) is 16.0 Å². The van der Waals surface area contributed by atoms with E-state index < -0.39 is 23.0 Å². The first kappa shape index (κ1) is 22.8. The van der Waals surface area contributed by atoms with Crippen LogP contribution in [0.15, 0.2) is 78.9 Å². The van der Waals surface area contributed by atoms with Crippen molar-refractivity contribution in [1.29, 1.82) is 0 Å². The molecule has 174 valence electrons. The second-order valence-electron chi connectivity index (χ2n) is 10.2. The molecule has 2 aliphatic rings. The fraction of sp³-hybridized carbons (Fsp3) is 0.310. The number of hydrogen-bond acceptors (Lipinski definition) is 4. The Morgan fingerprint density at radius 3 is 2.15 bits per heavy atom. The molecule has 1 heterocycles. The highest BCUT2D eigenvalue weighted by molar-refractivity contribution is 6.32. The molecular formula is C29H28ClNO3. The standard InChI is InChI=1S/C29H28ClNO3/c1-28(2,3)34-27(33)24-23(18-11-6-4-7-12-18)29(25(31-24)19-13-8-5-9-14-19)17-21-20(26(29)32)15-10-16-22(21)30/h4-16,23-25,31H,17H2,1-3H3/t23-,24+,25+,29+/m1/s1. The molecule has 34 heavy (non-hydrogen) atoms. The smallest absolute Gasteiger partial charge is 0.324 e. The van der Waals surface area contributed by atoms with E-state index in [0.29, 0.717) is 17.0 Å². The molecule has 5 rings (SSSR count). The van der Waals surface area contributed by atoms with Crippen molar-refractivity contribution in [1.82, 2.24) is 5.32 Å². The van der Waals surface area contributed by atoms with Crippen LogP contribution in [-0.4, -0.2) is 23.4 Å². The van der Waals surface area contributed by atoms with E-state index in [1.54, 1.807) is 0 Å². The number of benzene rings is 3. The number of carbonyl (C=O) groups is 2. The molecule has 1 aliphatic heterocycles. The number of fused-ring (bicyclic) bond motifs is 1. The van der Waals surface area contributed by atoms with Gasteiger partial charge in [-0.3, -0.25) is 14.9 Å². The fourth-order valence-corrected chi connectivity index (χ4v) is 5.96. The predicted molar refractivity (Wildman–Crippen MR) is 133 cm³/mol. The lowest BCUT2D eigenvalue weighted by atomic mass is 9.64. The van der Waals surface area contributed by atoms with Gasteiger partial charge in [-0.1, -0.05) is 84.4 Å². The van der Waals surface area contributed by atoms with Gasteiger partial charge in [0.05, 0.1) is 5.41 Å². The second-order valence-corrected chi connectivity index (χ2v) is 10.6. The molecule has 4 nitrogen and oxygen atoms in total. The van der Waals surface area contributed by atoms with Crippen molar-refractivity contribution in [3.8, 4) is 0 Å². The van der Waals surface area contributed by atoms with Gasteiger partial charge in [0.1, 0.15) is 11.6 Å². The van der Waals surface area contributed by atoms with Gasteiger partial charge >= 0.3 is 5.97 Å². The van der Waals surface area contributed by atoms with E-state index in [2.05, 4.69) is 5.32 Å². The summed E-state index contributed by atoms with van der Waals surface area (Å²) in [7, 11) is 0. The minimum Gasteiger partial charge on any atom is -0.459 e. The van der Waals surface area contributed by atoms with Crippen molar-refractivity contribution in [2.24, 2.45) is 5.41 Å². The minimum atomic E-state index is -0.919. The highest BCUT2D eigenvalue weighted by Crippen LogP contribution is 2.60. The summed E-state index contributed by atoms with van der Waals surface area (Å²) in [5.74, 6) is -0.759. The summed E-state index contributed by atoms with van der Waals surface area (Å²) in [5, 5.41) is 4.14. The lowest BCUT2D eigenvalue weighted by molar-refractivity contribution is -0.157. The van der Waals surface area contributed by atoms with Crippen molar-refractivity contribution in [3.63, 3.8) is 0 Å². The normalized spacial score (nSPS) is 26.0. The molecule has 0 amide bonds. The van der Waals surface area contributed by atoms with Gasteiger partial charge in [-0.2, -0.15) is 0 Å². The van der Waals surface area contributed by atoms with Crippen molar-refractivity contribution < 1.29 is 14.3 Å². The van der Waals surface area contributed by atoms with Crippen LogP contribution in [0.3, 0.4) is 0 Å². The number of ether oxygens (including phenoxy) is 1. The van der Waals surface area contributed by atoms with Crippen LogP contribution in [0.25, 0.3) is 0 Å². The third kappa shape index (κ3) is 3.66. The lowest BCUT2D eigenvalue weighted by Crippen LogP contribution is -2.42. The van der Waals surface area contributed by atoms with Gasteiger partial charge in [-0.15, -0.1) is 0 Å². The average molecular weight is 474 g/mol. The predicted octanol–water partition coefficient (Wildman–Crippen LogP) is 5.90. The highest BCUT2D eigenvalue weighted by atomic mass is 35.5. The molecule has 0 aromatic heterocycles. The van der Waals surface area contributed by atoms with E-state index in [-0.39, 0.29) is 17.8 Å². The first-order valence-electron chi connectivity index (χ1n) is 11.6. The maximum absolute atomic E-state index is 14.3. The number of rotatable bonds is 3. The van der Waals surface area contributed by atoms with Gasteiger partial charge < -0.3 is 4.74 Å². The van der Waals surface area contributed by atoms with E-state index in [0.717, 1.165) is 16.7 Å². The first-order chi connectivity index (χ1) is 16.2. The van der Waals surface area contributed by atoms with Crippen LogP contribution in [0.1, 0.15) is 59.8 Å². The van der Waals surface area contributed by atoms with Gasteiger partial charge in [0.2, 0.25) is 0 Å². The van der Waals surface area contributed by atoms with Crippen LogP contribution in [0, 0.1) is 5.41 Å². The van der Waals surface area contributed by atoms with Crippen molar-refractivity contribution in [3.05, 3.63) is 106 Å². The maximum Gasteiger partial charge on any atom is 0.324 e. The Labute approximate surface area is 205 Å². The van der Waals surface area contributed by atoms with Crippen LogP contribution < -0.4 is 5.32 Å². The zero-order valence-electron chi connectivity index (χ0n) is 19.5. The number of ketones is 1. The topological polar surface area (TPSA) is 55.4 Å². The third-order valence-electron chi connectivity index (χ3n) is 6.96. The van der Waals surface area contributed by atoms with Crippen molar-refractivity contribution in [2.45, 2.75) is 50.8 Å². The molecule has 3 aromatic carbocycles. The number of Topliss-reactive ketones (excluding diaryl/α,β-unsaturated/α-hetero) is 1. The molecule has 0 unspecified atom stereocenters. The summed E-state index contributed by atoms with van der Waals surface area (Å²) in [5.41, 5.74) is 1.82. The van der Waals surface area contributed by atoms with Crippen LogP contribution >= 0.6 is 11.6 Å². The SMILES string of the molecule is CC(C)(C)OC(=O)[C@H]1N[C@@H](c2ccccc2)[C@]2(Cc3c(Cl)cccc3C2=O)[C@@H]1c1ccccc1. The molecule has 4 atom stereocenters. The molecule has 1 spiro atoms. The zero-order valence-corrected chi connectivity index (χ0v) is 20.3. The third-order valence-corrected chi connectivity index (χ3v) is 7.31. The van der Waals surface area contributed by atoms with Crippen molar-refractivity contribution in [2.75, 3.05) is 0 Å². The fourth-order valence-electron chi connectivity index (χ4n) is 5.72. The van der Waals surface area contributed by atoms with Gasteiger partial charge in [-0.25, -0.2) is 0 Å². The van der Waals surface area contributed by atoms with Crippen molar-refractivity contribution >= 4 is 23.4 Å². The second kappa shape index (κ2) is 8.37. The number of hydrogen-bond donors (Lipinski definition) is 1. The molecule has 3 aromatic rings. The Hall–Kier alpha value is -2.95. The van der Waals surface area contributed by atoms with Crippen LogP contribution in [0.4, 0.5) is 0 Å². The molecule has 0 bridgehead atoms. The summed E-state index contributed by atoms with van der Waals surface area (Å²) >= 11 is 6.61. The quantitative estimate of drug-likeness (QED) is 0.481. The molecule has 5 heteroatoms. The summed E-state index contributed by atoms with van der Waals surface area (Å²) in [4.78, 5) is 27.9. The van der Waals surface area contributed by atoms with E-state index >= 15 is 0 Å². The number of carbonyl (C=O) groups excluding carboxylic acids is 2. The summed E-state index contributed by atoms with van der Waals surface area (Å²) in [6, 6.07) is 24.2. The highest BCUT2D eigenvalue weighted by Gasteiger charge is 2.65. The Morgan fingerprint density at radius 1 is 0.941 bits per heavy atom. The Kier molecular flexibility index (Phi) is 5.62. The number of nitrogens with one attached hydrogen (secondary N) is 1. The molecule has 1 saturated heterocycles. The largest absolute Gasteiger partial charge is 0.459 e. The molecule has 1 N–H and O–H groups in total. The van der Waals surface area contributed by atoms with E-state index in [1.807, 2.05) is 99.6 Å². The van der Waals surface area contributed by atoms with Gasteiger partial charge in [0, 0.05) is 22.5 Å². The van der Waals surface area contributed by atoms with Crippen LogP contribution in [0.2, 0.25) is 5.02 Å². The summed E-state index contributed by atoms with van der Waals surface area (Å²) in [6.45, 7) is 5.58.